The number of carbonyl (C=O) groups is 2. The lowest BCUT2D eigenvalue weighted by Crippen LogP contribution is -2.36. The second-order valence-electron chi connectivity index (χ2n) is 4.52. The maximum absolute atomic E-state index is 11.3. The van der Waals surface area contributed by atoms with Gasteiger partial charge in [0.25, 0.3) is 5.97 Å². The molecule has 0 unspecified atom stereocenters. The van der Waals surface area contributed by atoms with Gasteiger partial charge in [0, 0.05) is 20.5 Å². The first-order valence-corrected chi connectivity index (χ1v) is 8.30. The van der Waals surface area contributed by atoms with Crippen LogP contribution in [0, 0.1) is 0 Å². The number of nitrogens with zero attached hydrogens (tertiary/aromatic N) is 1. The number of nitrogens with one attached hydrogen (secondary N) is 1. The largest absolute Gasteiger partial charge is 0.520 e. The highest BCUT2D eigenvalue weighted by molar-refractivity contribution is 6.71. The minimum atomic E-state index is -1.82. The van der Waals surface area contributed by atoms with Crippen molar-refractivity contribution in [2.24, 2.45) is 0 Å². The molecule has 0 aromatic carbocycles. The molecule has 0 aliphatic rings. The summed E-state index contributed by atoms with van der Waals surface area (Å²) in [6.45, 7) is 5.81. The molecular weight excluding hydrogens is 212 g/mol. The smallest absolute Gasteiger partial charge is 0.292 e. The molecule has 0 aromatic rings. The van der Waals surface area contributed by atoms with Gasteiger partial charge in [-0.25, -0.2) is 5.01 Å². The van der Waals surface area contributed by atoms with Crippen molar-refractivity contribution in [3.63, 3.8) is 0 Å². The summed E-state index contributed by atoms with van der Waals surface area (Å²) in [6.07, 6.45) is 0.311. The van der Waals surface area contributed by atoms with Gasteiger partial charge in [0.1, 0.15) is 0 Å². The van der Waals surface area contributed by atoms with Crippen LogP contribution in [0.4, 0.5) is 0 Å². The predicted molar refractivity (Wildman–Crippen MR) is 60.5 cm³/mol. The van der Waals surface area contributed by atoms with Gasteiger partial charge in [0.2, 0.25) is 14.2 Å². The van der Waals surface area contributed by atoms with Crippen molar-refractivity contribution in [3.8, 4) is 0 Å². The monoisotopic (exact) mass is 232 g/mol. The second-order valence-corrected chi connectivity index (χ2v) is 8.94. The maximum Gasteiger partial charge on any atom is 0.292 e. The van der Waals surface area contributed by atoms with Crippen LogP contribution in [0.25, 0.3) is 0 Å². The highest BCUT2D eigenvalue weighted by Crippen LogP contribution is 2.05. The van der Waals surface area contributed by atoms with Crippen molar-refractivity contribution < 1.29 is 14.0 Å². The number of hydrazine groups is 1. The molecule has 0 saturated heterocycles. The lowest BCUT2D eigenvalue weighted by Gasteiger charge is -2.17. The van der Waals surface area contributed by atoms with Crippen LogP contribution >= 0.6 is 0 Å². The maximum atomic E-state index is 11.3. The first-order valence-electron chi connectivity index (χ1n) is 4.89. The fourth-order valence-electron chi connectivity index (χ4n) is 0.913. The third-order valence-corrected chi connectivity index (χ3v) is 2.16. The van der Waals surface area contributed by atoms with E-state index in [-0.39, 0.29) is 24.7 Å². The lowest BCUT2D eigenvalue weighted by atomic mass is 10.3. The quantitative estimate of drug-likeness (QED) is 0.561. The summed E-state index contributed by atoms with van der Waals surface area (Å²) < 4.78 is 5.20. The van der Waals surface area contributed by atoms with Crippen LogP contribution in [-0.4, -0.2) is 39.3 Å². The molecule has 0 fully saturated rings. The summed E-state index contributed by atoms with van der Waals surface area (Å²) in [7, 11) is 1.63. The summed E-state index contributed by atoms with van der Waals surface area (Å²) in [5.41, 5.74) is 2.56. The summed E-state index contributed by atoms with van der Waals surface area (Å²) in [6, 6.07) is 0. The van der Waals surface area contributed by atoms with E-state index in [1.807, 2.05) is 19.6 Å². The zero-order valence-corrected chi connectivity index (χ0v) is 11.1. The van der Waals surface area contributed by atoms with Crippen LogP contribution in [0.5, 0.6) is 0 Å². The Morgan fingerprint density at radius 2 is 1.73 bits per heavy atom. The zero-order valence-electron chi connectivity index (χ0n) is 10.1. The van der Waals surface area contributed by atoms with E-state index in [0.29, 0.717) is 0 Å². The van der Waals surface area contributed by atoms with E-state index in [9.17, 15) is 9.59 Å². The van der Waals surface area contributed by atoms with Gasteiger partial charge in [-0.1, -0.05) is 0 Å². The van der Waals surface area contributed by atoms with Crippen LogP contribution in [0.1, 0.15) is 12.8 Å². The van der Waals surface area contributed by atoms with E-state index in [0.717, 1.165) is 0 Å². The van der Waals surface area contributed by atoms with Gasteiger partial charge < -0.3 is 4.43 Å². The second kappa shape index (κ2) is 5.87. The summed E-state index contributed by atoms with van der Waals surface area (Å²) in [4.78, 5) is 22.4. The number of hydrogen-bond donors (Lipinski definition) is 1. The molecule has 0 atom stereocenters. The molecule has 0 spiro atoms. The van der Waals surface area contributed by atoms with Crippen LogP contribution in [-0.2, 0) is 14.0 Å². The zero-order chi connectivity index (χ0) is 12.1. The average molecular weight is 232 g/mol. The van der Waals surface area contributed by atoms with E-state index in [1.165, 1.54) is 0 Å². The summed E-state index contributed by atoms with van der Waals surface area (Å²) >= 11 is 0. The highest BCUT2D eigenvalue weighted by atomic mass is 28.4. The molecule has 88 valence electrons. The van der Waals surface area contributed by atoms with Crippen molar-refractivity contribution in [1.82, 2.24) is 10.4 Å². The molecule has 0 bridgehead atoms. The first-order chi connectivity index (χ1) is 6.70. The average Bonchev–Trinajstić information content (AvgIpc) is 1.96. The van der Waals surface area contributed by atoms with Gasteiger partial charge in [0.15, 0.2) is 0 Å². The van der Waals surface area contributed by atoms with Gasteiger partial charge in [-0.3, -0.25) is 15.0 Å². The van der Waals surface area contributed by atoms with Crippen LogP contribution < -0.4 is 5.43 Å². The molecule has 5 nitrogen and oxygen atoms in total. The topological polar surface area (TPSA) is 58.6 Å². The molecule has 0 aliphatic carbocycles. The Kier molecular flexibility index (Phi) is 5.52. The summed E-state index contributed by atoms with van der Waals surface area (Å²) in [5.74, 6) is -0.462. The predicted octanol–water partition coefficient (Wildman–Crippen LogP) is 0.737. The molecule has 0 rings (SSSR count). The van der Waals surface area contributed by atoms with E-state index in [2.05, 4.69) is 5.43 Å². The highest BCUT2D eigenvalue weighted by Gasteiger charge is 2.20. The molecule has 0 heterocycles. The molecule has 0 aromatic heterocycles. The third-order valence-electron chi connectivity index (χ3n) is 1.32. The Hall–Kier alpha value is -0.883. The van der Waals surface area contributed by atoms with E-state index in [1.54, 1.807) is 19.1 Å². The normalized spacial score (nSPS) is 11.3. The van der Waals surface area contributed by atoms with Gasteiger partial charge in [0.05, 0.1) is 6.42 Å². The Bertz CT molecular complexity index is 236. The van der Waals surface area contributed by atoms with Crippen molar-refractivity contribution in [2.45, 2.75) is 32.5 Å². The molecule has 0 saturated carbocycles. The minimum absolute atomic E-state index is 0.143. The molecular formula is C9H20N2O3Si. The van der Waals surface area contributed by atoms with Gasteiger partial charge in [-0.2, -0.15) is 0 Å². The van der Waals surface area contributed by atoms with Crippen molar-refractivity contribution in [3.05, 3.63) is 0 Å². The molecule has 6 heteroatoms. The van der Waals surface area contributed by atoms with Gasteiger partial charge >= 0.3 is 0 Å². The van der Waals surface area contributed by atoms with Crippen LogP contribution in [0.15, 0.2) is 0 Å². The molecule has 0 aliphatic heterocycles. The fraction of sp³-hybridized carbons (Fsp3) is 0.778. The van der Waals surface area contributed by atoms with Crippen LogP contribution in [0.2, 0.25) is 19.6 Å². The van der Waals surface area contributed by atoms with Crippen LogP contribution in [0.3, 0.4) is 0 Å². The number of amides is 1. The van der Waals surface area contributed by atoms with E-state index >= 15 is 0 Å². The number of hydrogen-bond acceptors (Lipinski definition) is 4. The number of rotatable bonds is 5. The Morgan fingerprint density at radius 1 is 1.20 bits per heavy atom. The van der Waals surface area contributed by atoms with Crippen molar-refractivity contribution in [2.75, 3.05) is 14.1 Å². The summed E-state index contributed by atoms with van der Waals surface area (Å²) in [5, 5.41) is 1.55. The van der Waals surface area contributed by atoms with Gasteiger partial charge in [-0.05, 0) is 19.6 Å². The van der Waals surface area contributed by atoms with Crippen molar-refractivity contribution in [1.29, 1.82) is 0 Å². The minimum Gasteiger partial charge on any atom is -0.520 e. The fourth-order valence-corrected chi connectivity index (χ4v) is 1.70. The first kappa shape index (κ1) is 14.1. The standard InChI is InChI=1S/C9H20N2O3Si/c1-11(2)10-8(12)6-7-9(13)14-15(3,4)5/h6-7H2,1-5H3,(H,10,12). The molecule has 1 amide bonds. The Balaban J connectivity index is 3.77. The van der Waals surface area contributed by atoms with Crippen molar-refractivity contribution >= 4 is 20.2 Å². The van der Waals surface area contributed by atoms with E-state index < -0.39 is 8.32 Å². The van der Waals surface area contributed by atoms with Gasteiger partial charge in [-0.15, -0.1) is 0 Å². The Morgan fingerprint density at radius 3 is 2.13 bits per heavy atom. The third kappa shape index (κ3) is 9.42. The molecule has 0 radical (unpaired) electrons. The lowest BCUT2D eigenvalue weighted by molar-refractivity contribution is -0.137. The number of carbonyl (C=O) groups excluding carboxylic acids is 2. The molecule has 15 heavy (non-hydrogen) atoms. The SMILES string of the molecule is CN(C)NC(=O)CCC(=O)O[Si](C)(C)C. The van der Waals surface area contributed by atoms with E-state index in [4.69, 9.17) is 4.43 Å². The molecule has 1 N–H and O–H groups in total. The Labute approximate surface area is 91.9 Å².